The monoisotopic (exact) mass is 247 g/mol. The highest BCUT2D eigenvalue weighted by Gasteiger charge is 2.22. The number of nitrogens with one attached hydrogen (secondary N) is 1. The fourth-order valence-electron chi connectivity index (χ4n) is 1.46. The van der Waals surface area contributed by atoms with Crippen LogP contribution in [0.3, 0.4) is 0 Å². The van der Waals surface area contributed by atoms with Crippen LogP contribution < -0.4 is 5.32 Å². The fraction of sp³-hybridized carbons (Fsp3) is 0.400. The van der Waals surface area contributed by atoms with Gasteiger partial charge >= 0.3 is 0 Å². The molecule has 1 atom stereocenters. The molecule has 0 saturated carbocycles. The van der Waals surface area contributed by atoms with Crippen molar-refractivity contribution in [1.82, 2.24) is 5.32 Å². The van der Waals surface area contributed by atoms with Gasteiger partial charge in [0.05, 0.1) is 11.0 Å². The predicted molar refractivity (Wildman–Crippen MR) is 58.4 cm³/mol. The minimum absolute atomic E-state index is 0.0868. The maximum atomic E-state index is 13.5. The first-order valence-electron chi connectivity index (χ1n) is 4.69. The molecule has 0 heterocycles. The van der Waals surface area contributed by atoms with E-state index in [1.54, 1.807) is 7.05 Å². The molecule has 1 unspecified atom stereocenters. The first-order valence-corrected chi connectivity index (χ1v) is 6.58. The Hall–Kier alpha value is -0.980. The summed E-state index contributed by atoms with van der Waals surface area (Å²) in [6.45, 7) is 0.0868. The lowest BCUT2D eigenvalue weighted by atomic mass is 10.1. The summed E-state index contributed by atoms with van der Waals surface area (Å²) in [6.07, 6.45) is -0.201. The van der Waals surface area contributed by atoms with Crippen LogP contribution in [-0.4, -0.2) is 33.4 Å². The fourth-order valence-corrected chi connectivity index (χ4v) is 2.42. The largest absolute Gasteiger partial charge is 0.387 e. The average molecular weight is 247 g/mol. The highest BCUT2D eigenvalue weighted by molar-refractivity contribution is 7.90. The van der Waals surface area contributed by atoms with Gasteiger partial charge in [0.25, 0.3) is 0 Å². The minimum Gasteiger partial charge on any atom is -0.387 e. The first-order chi connectivity index (χ1) is 7.38. The molecule has 1 aromatic carbocycles. The third-order valence-electron chi connectivity index (χ3n) is 2.14. The van der Waals surface area contributed by atoms with Crippen LogP contribution in [0.4, 0.5) is 4.39 Å². The molecule has 16 heavy (non-hydrogen) atoms. The van der Waals surface area contributed by atoms with Crippen molar-refractivity contribution in [1.29, 1.82) is 0 Å². The van der Waals surface area contributed by atoms with E-state index in [4.69, 9.17) is 0 Å². The molecule has 90 valence electrons. The van der Waals surface area contributed by atoms with E-state index in [2.05, 4.69) is 5.32 Å². The van der Waals surface area contributed by atoms with Crippen molar-refractivity contribution in [3.05, 3.63) is 29.6 Å². The van der Waals surface area contributed by atoms with E-state index in [-0.39, 0.29) is 17.0 Å². The maximum Gasteiger partial charge on any atom is 0.175 e. The molecule has 0 fully saturated rings. The number of halogens is 1. The third-order valence-corrected chi connectivity index (χ3v) is 3.30. The zero-order chi connectivity index (χ0) is 12.3. The van der Waals surface area contributed by atoms with Gasteiger partial charge in [-0.15, -0.1) is 0 Å². The van der Waals surface area contributed by atoms with Crippen LogP contribution in [0.15, 0.2) is 23.1 Å². The van der Waals surface area contributed by atoms with E-state index >= 15 is 0 Å². The van der Waals surface area contributed by atoms with Gasteiger partial charge in [0.1, 0.15) is 5.82 Å². The second-order valence-corrected chi connectivity index (χ2v) is 5.48. The second-order valence-electron chi connectivity index (χ2n) is 3.50. The van der Waals surface area contributed by atoms with Crippen LogP contribution >= 0.6 is 0 Å². The minimum atomic E-state index is -3.55. The van der Waals surface area contributed by atoms with Gasteiger partial charge < -0.3 is 10.4 Å². The Bertz CT molecular complexity index is 473. The van der Waals surface area contributed by atoms with Gasteiger partial charge in [-0.2, -0.15) is 0 Å². The number of aliphatic hydroxyl groups is 1. The highest BCUT2D eigenvalue weighted by Crippen LogP contribution is 2.25. The molecule has 0 spiro atoms. The molecule has 0 bridgehead atoms. The van der Waals surface area contributed by atoms with Crippen LogP contribution in [0.1, 0.15) is 11.7 Å². The van der Waals surface area contributed by atoms with Gasteiger partial charge in [-0.05, 0) is 19.2 Å². The Balaban J connectivity index is 3.35. The summed E-state index contributed by atoms with van der Waals surface area (Å²) in [4.78, 5) is -0.171. The zero-order valence-corrected chi connectivity index (χ0v) is 9.88. The van der Waals surface area contributed by atoms with E-state index in [0.29, 0.717) is 0 Å². The van der Waals surface area contributed by atoms with Gasteiger partial charge in [0.2, 0.25) is 0 Å². The van der Waals surface area contributed by atoms with E-state index in [1.807, 2.05) is 0 Å². The SMILES string of the molecule is CNCC(O)c1c(F)cccc1S(C)(=O)=O. The van der Waals surface area contributed by atoms with Crippen molar-refractivity contribution in [3.8, 4) is 0 Å². The molecule has 0 amide bonds. The van der Waals surface area contributed by atoms with Crippen LogP contribution in [-0.2, 0) is 9.84 Å². The van der Waals surface area contributed by atoms with Gasteiger partial charge in [0.15, 0.2) is 9.84 Å². The molecule has 2 N–H and O–H groups in total. The van der Waals surface area contributed by atoms with Crippen LogP contribution in [0.5, 0.6) is 0 Å². The number of hydrogen-bond acceptors (Lipinski definition) is 4. The van der Waals surface area contributed by atoms with Gasteiger partial charge in [-0.3, -0.25) is 0 Å². The zero-order valence-electron chi connectivity index (χ0n) is 9.07. The summed E-state index contributed by atoms with van der Waals surface area (Å²) < 4.78 is 36.3. The topological polar surface area (TPSA) is 66.4 Å². The maximum absolute atomic E-state index is 13.5. The van der Waals surface area contributed by atoms with Crippen LogP contribution in [0.2, 0.25) is 0 Å². The van der Waals surface area contributed by atoms with Crippen molar-refractivity contribution in [2.45, 2.75) is 11.0 Å². The molecule has 0 radical (unpaired) electrons. The van der Waals surface area contributed by atoms with Crippen molar-refractivity contribution >= 4 is 9.84 Å². The van der Waals surface area contributed by atoms with Crippen LogP contribution in [0, 0.1) is 5.82 Å². The number of hydrogen-bond donors (Lipinski definition) is 2. The summed E-state index contributed by atoms with van der Waals surface area (Å²) in [5.41, 5.74) is -0.181. The van der Waals surface area contributed by atoms with Gasteiger partial charge in [-0.1, -0.05) is 6.07 Å². The highest BCUT2D eigenvalue weighted by atomic mass is 32.2. The molecule has 4 nitrogen and oxygen atoms in total. The summed E-state index contributed by atoms with van der Waals surface area (Å²) in [7, 11) is -1.96. The Labute approximate surface area is 94.0 Å². The Kier molecular flexibility index (Phi) is 4.01. The molecule has 6 heteroatoms. The molecular formula is C10H14FNO3S. The lowest BCUT2D eigenvalue weighted by Crippen LogP contribution is -2.20. The lowest BCUT2D eigenvalue weighted by Gasteiger charge is -2.14. The second kappa shape index (κ2) is 4.90. The van der Waals surface area contributed by atoms with E-state index < -0.39 is 21.8 Å². The van der Waals surface area contributed by atoms with E-state index in [1.165, 1.54) is 12.1 Å². The standard InChI is InChI=1S/C10H14FNO3S/c1-12-6-8(13)10-7(11)4-3-5-9(10)16(2,14)15/h3-5,8,12-13H,6H2,1-2H3. The third kappa shape index (κ3) is 2.78. The predicted octanol–water partition coefficient (Wildman–Crippen LogP) is 0.482. The number of benzene rings is 1. The summed E-state index contributed by atoms with van der Waals surface area (Å²) >= 11 is 0. The average Bonchev–Trinajstić information content (AvgIpc) is 2.16. The summed E-state index contributed by atoms with van der Waals surface area (Å²) in [5, 5.41) is 12.3. The van der Waals surface area contributed by atoms with Gasteiger partial charge in [-0.25, -0.2) is 12.8 Å². The molecule has 0 saturated heterocycles. The molecule has 0 aliphatic carbocycles. The Morgan fingerprint density at radius 3 is 2.62 bits per heavy atom. The Morgan fingerprint density at radius 2 is 2.12 bits per heavy atom. The summed E-state index contributed by atoms with van der Waals surface area (Å²) in [6, 6.07) is 3.72. The molecule has 0 aliphatic heterocycles. The van der Waals surface area contributed by atoms with Crippen molar-refractivity contribution in [3.63, 3.8) is 0 Å². The van der Waals surface area contributed by atoms with Crippen molar-refractivity contribution < 1.29 is 17.9 Å². The number of likely N-dealkylation sites (N-methyl/N-ethyl adjacent to an activating group) is 1. The number of sulfone groups is 1. The van der Waals surface area contributed by atoms with E-state index in [9.17, 15) is 17.9 Å². The number of aliphatic hydroxyl groups excluding tert-OH is 1. The first kappa shape index (κ1) is 13.1. The van der Waals surface area contributed by atoms with Gasteiger partial charge in [0, 0.05) is 18.4 Å². The molecular weight excluding hydrogens is 233 g/mol. The number of rotatable bonds is 4. The summed E-state index contributed by atoms with van der Waals surface area (Å²) in [5.74, 6) is -0.717. The van der Waals surface area contributed by atoms with E-state index in [0.717, 1.165) is 12.3 Å². The molecule has 0 aliphatic rings. The molecule has 1 aromatic rings. The molecule has 0 aromatic heterocycles. The lowest BCUT2D eigenvalue weighted by molar-refractivity contribution is 0.169. The smallest absolute Gasteiger partial charge is 0.175 e. The van der Waals surface area contributed by atoms with Crippen molar-refractivity contribution in [2.75, 3.05) is 19.8 Å². The van der Waals surface area contributed by atoms with Crippen molar-refractivity contribution in [2.24, 2.45) is 0 Å². The van der Waals surface area contributed by atoms with Crippen LogP contribution in [0.25, 0.3) is 0 Å². The quantitative estimate of drug-likeness (QED) is 0.812. The Morgan fingerprint density at radius 1 is 1.50 bits per heavy atom. The normalized spacial score (nSPS) is 13.8. The molecule has 1 rings (SSSR count).